The van der Waals surface area contributed by atoms with Gasteiger partial charge in [-0.3, -0.25) is 4.79 Å². The first-order chi connectivity index (χ1) is 22.5. The SMILES string of the molecule is C=C/C=C\[C@H](C)[C@H](OC(N)=O)[C@@H](C)[C@H](O)[C@@H](C)C/C(C)=C\[C@H](C)[C@@H](O)[C@@H](C)/C=C\[C@@H](C[C@@H]1OC(=O)[C@H](C)[C@@H](O)[C@H]1C)OCOCCOC. The molecule has 0 radical (unpaired) electrons. The number of ether oxygens (including phenoxy) is 5. The molecule has 13 atom stereocenters. The summed E-state index contributed by atoms with van der Waals surface area (Å²) in [5, 5.41) is 32.9. The van der Waals surface area contributed by atoms with Gasteiger partial charge in [-0.2, -0.15) is 0 Å². The van der Waals surface area contributed by atoms with Gasteiger partial charge in [0.05, 0.1) is 43.5 Å². The lowest BCUT2D eigenvalue weighted by Crippen LogP contribution is -2.47. The fourth-order valence-electron chi connectivity index (χ4n) is 6.25. The number of methoxy groups -OCH3 is 1. The van der Waals surface area contributed by atoms with Crippen molar-refractivity contribution in [2.45, 2.75) is 105 Å². The highest BCUT2D eigenvalue weighted by Gasteiger charge is 2.41. The predicted molar refractivity (Wildman–Crippen MR) is 186 cm³/mol. The smallest absolute Gasteiger partial charge is 0.404 e. The Morgan fingerprint density at radius 2 is 1.69 bits per heavy atom. The Labute approximate surface area is 288 Å². The number of allylic oxidation sites excluding steroid dienone is 3. The minimum atomic E-state index is -0.888. The van der Waals surface area contributed by atoms with Gasteiger partial charge in [0.15, 0.2) is 0 Å². The number of nitrogens with two attached hydrogens (primary N) is 1. The number of hydrogen-bond acceptors (Lipinski definition) is 10. The van der Waals surface area contributed by atoms with Crippen molar-refractivity contribution >= 4 is 12.1 Å². The summed E-state index contributed by atoms with van der Waals surface area (Å²) in [4.78, 5) is 23.9. The van der Waals surface area contributed by atoms with Crippen LogP contribution in [0, 0.1) is 41.4 Å². The summed E-state index contributed by atoms with van der Waals surface area (Å²) in [5.74, 6) is -2.47. The number of cyclic esters (lactones) is 1. The number of carbonyl (C=O) groups excluding carboxylic acids is 2. The van der Waals surface area contributed by atoms with Crippen molar-refractivity contribution in [3.05, 3.63) is 48.6 Å². The standard InChI is InChI=1S/C37H63NO10/c1-11-12-13-24(4)35(48-37(38)43)28(8)33(40)26(6)19-22(2)18-25(5)32(39)23(3)14-15-30(46-21-45-17-16-44-10)20-31-27(7)34(41)29(9)36(42)47-31/h11-15,18,23-35,39-41H,1,16-17,19-21H2,2-10H3,(H2,38,43)/b13-12-,15-14-,22-18-/t23-,24-,25-,26-,27-,28-,29+,30-,31-,32-,33+,34-,35-/m0/s1. The fourth-order valence-corrected chi connectivity index (χ4v) is 6.25. The van der Waals surface area contributed by atoms with E-state index in [-0.39, 0.29) is 42.3 Å². The summed E-state index contributed by atoms with van der Waals surface area (Å²) in [6.07, 6.45) is 7.09. The number of aliphatic hydroxyl groups excluding tert-OH is 3. The third kappa shape index (κ3) is 14.5. The van der Waals surface area contributed by atoms with E-state index in [1.807, 2.05) is 72.8 Å². The van der Waals surface area contributed by atoms with E-state index in [2.05, 4.69) is 6.58 Å². The van der Waals surface area contributed by atoms with Gasteiger partial charge >= 0.3 is 12.1 Å². The maximum absolute atomic E-state index is 12.3. The van der Waals surface area contributed by atoms with Crippen LogP contribution in [0.1, 0.15) is 68.2 Å². The maximum atomic E-state index is 12.3. The molecule has 1 saturated heterocycles. The van der Waals surface area contributed by atoms with Crippen LogP contribution in [-0.4, -0.2) is 91.1 Å². The second-order valence-electron chi connectivity index (χ2n) is 13.6. The average molecular weight is 682 g/mol. The van der Waals surface area contributed by atoms with Gasteiger partial charge in [-0.05, 0) is 26.2 Å². The molecule has 0 aromatic rings. The van der Waals surface area contributed by atoms with Gasteiger partial charge in [0.25, 0.3) is 0 Å². The van der Waals surface area contributed by atoms with Gasteiger partial charge in [-0.25, -0.2) is 4.79 Å². The van der Waals surface area contributed by atoms with E-state index in [9.17, 15) is 24.9 Å². The van der Waals surface area contributed by atoms with Crippen LogP contribution in [0.25, 0.3) is 0 Å². The van der Waals surface area contributed by atoms with E-state index in [0.29, 0.717) is 26.1 Å². The number of carbonyl (C=O) groups is 2. The molecular formula is C37H63NO10. The molecule has 0 aromatic heterocycles. The van der Waals surface area contributed by atoms with Crippen molar-refractivity contribution in [3.63, 3.8) is 0 Å². The van der Waals surface area contributed by atoms with Gasteiger partial charge in [0, 0.05) is 43.1 Å². The lowest BCUT2D eigenvalue weighted by Gasteiger charge is -2.37. The lowest BCUT2D eigenvalue weighted by molar-refractivity contribution is -0.181. The van der Waals surface area contributed by atoms with Crippen molar-refractivity contribution in [1.29, 1.82) is 0 Å². The molecule has 11 heteroatoms. The minimum Gasteiger partial charge on any atom is -0.462 e. The van der Waals surface area contributed by atoms with Crippen LogP contribution in [0.3, 0.4) is 0 Å². The lowest BCUT2D eigenvalue weighted by atomic mass is 9.81. The molecule has 1 aliphatic heterocycles. The van der Waals surface area contributed by atoms with E-state index in [0.717, 1.165) is 5.57 Å². The molecule has 1 heterocycles. The maximum Gasteiger partial charge on any atom is 0.404 e. The second kappa shape index (κ2) is 22.2. The Balaban J connectivity index is 2.93. The molecule has 0 bridgehead atoms. The molecule has 5 N–H and O–H groups in total. The number of amides is 1. The number of hydrogen-bond donors (Lipinski definition) is 4. The summed E-state index contributed by atoms with van der Waals surface area (Å²) in [7, 11) is 1.58. The van der Waals surface area contributed by atoms with Crippen LogP contribution < -0.4 is 5.73 Å². The molecular weight excluding hydrogens is 618 g/mol. The molecule has 0 spiro atoms. The van der Waals surface area contributed by atoms with Crippen LogP contribution in [-0.2, 0) is 28.5 Å². The summed E-state index contributed by atoms with van der Waals surface area (Å²) in [6.45, 7) is 19.5. The van der Waals surface area contributed by atoms with Crippen molar-refractivity contribution in [2.75, 3.05) is 27.1 Å². The highest BCUT2D eigenvalue weighted by atomic mass is 16.7. The van der Waals surface area contributed by atoms with Crippen molar-refractivity contribution in [1.82, 2.24) is 0 Å². The molecule has 276 valence electrons. The van der Waals surface area contributed by atoms with Crippen molar-refractivity contribution in [2.24, 2.45) is 47.2 Å². The molecule has 0 aliphatic carbocycles. The van der Waals surface area contributed by atoms with Crippen LogP contribution in [0.2, 0.25) is 0 Å². The fraction of sp³-hybridized carbons (Fsp3) is 0.730. The highest BCUT2D eigenvalue weighted by Crippen LogP contribution is 2.31. The molecule has 1 fully saturated rings. The highest BCUT2D eigenvalue weighted by molar-refractivity contribution is 5.73. The van der Waals surface area contributed by atoms with Gasteiger partial charge in [-0.1, -0.05) is 90.2 Å². The first-order valence-corrected chi connectivity index (χ1v) is 17.1. The van der Waals surface area contributed by atoms with E-state index in [4.69, 9.17) is 29.4 Å². The summed E-state index contributed by atoms with van der Waals surface area (Å²) < 4.78 is 27.5. The third-order valence-electron chi connectivity index (χ3n) is 9.40. The topological polar surface area (TPSA) is 167 Å². The van der Waals surface area contributed by atoms with Gasteiger partial charge < -0.3 is 44.7 Å². The Hall–Kier alpha value is -2.54. The summed E-state index contributed by atoms with van der Waals surface area (Å²) in [6, 6.07) is 0. The Morgan fingerprint density at radius 3 is 2.29 bits per heavy atom. The Morgan fingerprint density at radius 1 is 1.02 bits per heavy atom. The first kappa shape index (κ1) is 43.5. The molecule has 0 aromatic carbocycles. The zero-order valence-corrected chi connectivity index (χ0v) is 30.5. The van der Waals surface area contributed by atoms with Crippen LogP contribution in [0.5, 0.6) is 0 Å². The number of rotatable bonds is 22. The third-order valence-corrected chi connectivity index (χ3v) is 9.40. The first-order valence-electron chi connectivity index (χ1n) is 17.1. The Bertz CT molecular complexity index is 1060. The predicted octanol–water partition coefficient (Wildman–Crippen LogP) is 4.94. The van der Waals surface area contributed by atoms with Crippen LogP contribution >= 0.6 is 0 Å². The molecule has 11 nitrogen and oxygen atoms in total. The normalized spacial score (nSPS) is 26.2. The molecule has 0 saturated carbocycles. The largest absolute Gasteiger partial charge is 0.462 e. The monoisotopic (exact) mass is 681 g/mol. The Kier molecular flexibility index (Phi) is 20.1. The molecule has 1 rings (SSSR count). The zero-order valence-electron chi connectivity index (χ0n) is 30.5. The van der Waals surface area contributed by atoms with Gasteiger partial charge in [-0.15, -0.1) is 0 Å². The number of esters is 1. The average Bonchev–Trinajstić information content (AvgIpc) is 3.04. The molecule has 1 aliphatic rings. The van der Waals surface area contributed by atoms with E-state index >= 15 is 0 Å². The second-order valence-corrected chi connectivity index (χ2v) is 13.6. The number of aliphatic hydroxyl groups is 3. The summed E-state index contributed by atoms with van der Waals surface area (Å²) >= 11 is 0. The van der Waals surface area contributed by atoms with Crippen LogP contribution in [0.4, 0.5) is 4.79 Å². The molecule has 1 amide bonds. The van der Waals surface area contributed by atoms with Crippen molar-refractivity contribution in [3.8, 4) is 0 Å². The molecule has 48 heavy (non-hydrogen) atoms. The quantitative estimate of drug-likeness (QED) is 0.0404. The van der Waals surface area contributed by atoms with Crippen LogP contribution in [0.15, 0.2) is 48.6 Å². The zero-order chi connectivity index (χ0) is 36.6. The van der Waals surface area contributed by atoms with Gasteiger partial charge in [0.2, 0.25) is 0 Å². The van der Waals surface area contributed by atoms with Gasteiger partial charge in [0.1, 0.15) is 19.0 Å². The van der Waals surface area contributed by atoms with E-state index in [1.165, 1.54) is 0 Å². The minimum absolute atomic E-state index is 0.00410. The molecule has 0 unspecified atom stereocenters. The number of primary amides is 1. The van der Waals surface area contributed by atoms with Crippen molar-refractivity contribution < 1.29 is 48.6 Å². The van der Waals surface area contributed by atoms with E-state index in [1.54, 1.807) is 26.2 Å². The summed E-state index contributed by atoms with van der Waals surface area (Å²) in [5.41, 5.74) is 6.34. The van der Waals surface area contributed by atoms with E-state index < -0.39 is 54.6 Å².